The van der Waals surface area contributed by atoms with Crippen molar-refractivity contribution in [2.45, 2.75) is 18.6 Å². The second-order valence-electron chi connectivity index (χ2n) is 11.1. The number of nitrogens with one attached hydrogen (secondary N) is 1. The Kier molecular flexibility index (Phi) is 11.4. The summed E-state index contributed by atoms with van der Waals surface area (Å²) in [7, 11) is 10.5. The van der Waals surface area contributed by atoms with Crippen LogP contribution >= 0.6 is 0 Å². The summed E-state index contributed by atoms with van der Waals surface area (Å²) < 4.78 is 65.4. The number of halogens is 1. The predicted octanol–water partition coefficient (Wildman–Crippen LogP) is 6.44. The van der Waals surface area contributed by atoms with Crippen molar-refractivity contribution in [2.75, 3.05) is 55.1 Å². The molecule has 0 radical (unpaired) electrons. The maximum Gasteiger partial charge on any atom is 0.338 e. The number of carbonyl (C=O) groups excluding carboxylic acids is 2. The molecule has 1 heterocycles. The average Bonchev–Trinajstić information content (AvgIpc) is 3.16. The van der Waals surface area contributed by atoms with E-state index in [1.165, 1.54) is 74.1 Å². The van der Waals surface area contributed by atoms with Crippen LogP contribution in [0.2, 0.25) is 0 Å². The number of fused-ring (bicyclic) bond motifs is 1. The highest BCUT2D eigenvalue weighted by molar-refractivity contribution is 6.03. The Morgan fingerprint density at radius 3 is 2.06 bits per heavy atom. The molecular formula is C38H38FNO11. The van der Waals surface area contributed by atoms with Crippen LogP contribution in [-0.2, 0) is 16.0 Å². The summed E-state index contributed by atoms with van der Waals surface area (Å²) in [5.41, 5.74) is 1.65. The van der Waals surface area contributed by atoms with E-state index in [-0.39, 0.29) is 17.7 Å². The number of methoxy groups -OCH3 is 7. The molecule has 1 aliphatic rings. The van der Waals surface area contributed by atoms with Gasteiger partial charge in [0.2, 0.25) is 11.7 Å². The van der Waals surface area contributed by atoms with Gasteiger partial charge in [-0.25, -0.2) is 9.18 Å². The topological polar surface area (TPSA) is 129 Å². The monoisotopic (exact) mass is 703 g/mol. The summed E-state index contributed by atoms with van der Waals surface area (Å²) in [6.45, 7) is 0. The highest BCUT2D eigenvalue weighted by Crippen LogP contribution is 2.45. The summed E-state index contributed by atoms with van der Waals surface area (Å²) in [4.78, 5) is 26.5. The Labute approximate surface area is 294 Å². The van der Waals surface area contributed by atoms with E-state index in [2.05, 4.69) is 5.32 Å². The second kappa shape index (κ2) is 16.1. The molecular weight excluding hydrogens is 665 g/mol. The maximum absolute atomic E-state index is 14.9. The number of hydrogen-bond donors (Lipinski definition) is 1. The number of benzene rings is 4. The van der Waals surface area contributed by atoms with Gasteiger partial charge in [-0.15, -0.1) is 0 Å². The van der Waals surface area contributed by atoms with E-state index in [0.29, 0.717) is 62.7 Å². The summed E-state index contributed by atoms with van der Waals surface area (Å²) in [6, 6.07) is 15.5. The Balaban J connectivity index is 1.40. The van der Waals surface area contributed by atoms with Gasteiger partial charge in [-0.3, -0.25) is 4.79 Å². The zero-order chi connectivity index (χ0) is 36.7. The Morgan fingerprint density at radius 1 is 0.745 bits per heavy atom. The standard InChI is InChI=1S/C38H38FNO11/c1-43-24-18-29(45-3)25-20-34(36(50-30(25)19-24)22-10-12-28(44-2)31(17-22)46-4)51-38(42)23-9-11-26(39)27(16-23)40-35(41)13-8-21-14-32(47-5)37(49-7)33(15-21)48-6/h8-19,34,36H,20H2,1-7H3,(H,40,41)/b13-8+/t34-,36+/m0/s1. The molecule has 5 rings (SSSR count). The van der Waals surface area contributed by atoms with E-state index in [0.717, 1.165) is 6.07 Å². The van der Waals surface area contributed by atoms with Gasteiger partial charge in [-0.05, 0) is 54.1 Å². The number of rotatable bonds is 13. The van der Waals surface area contributed by atoms with Crippen LogP contribution < -0.4 is 43.2 Å². The van der Waals surface area contributed by atoms with Crippen molar-refractivity contribution in [1.29, 1.82) is 0 Å². The van der Waals surface area contributed by atoms with Gasteiger partial charge in [0.25, 0.3) is 0 Å². The molecule has 0 unspecified atom stereocenters. The molecule has 1 amide bonds. The van der Waals surface area contributed by atoms with Gasteiger partial charge in [-0.2, -0.15) is 0 Å². The molecule has 13 heteroatoms. The number of ether oxygens (including phenoxy) is 9. The molecule has 2 atom stereocenters. The zero-order valence-corrected chi connectivity index (χ0v) is 29.2. The lowest BCUT2D eigenvalue weighted by Crippen LogP contribution is -2.35. The lowest BCUT2D eigenvalue weighted by molar-refractivity contribution is -0.111. The molecule has 0 spiro atoms. The van der Waals surface area contributed by atoms with Crippen LogP contribution in [0.25, 0.3) is 6.08 Å². The molecule has 12 nitrogen and oxygen atoms in total. The SMILES string of the molecule is COc1cc(OC)c2c(c1)O[C@H](c1ccc(OC)c(OC)c1)[C@@H](OC(=O)c1ccc(F)c(NC(=O)/C=C/c3cc(OC)c(OC)c(OC)c3)c1)C2. The first-order valence-corrected chi connectivity index (χ1v) is 15.6. The van der Waals surface area contributed by atoms with E-state index in [1.807, 2.05) is 0 Å². The van der Waals surface area contributed by atoms with Crippen molar-refractivity contribution in [3.63, 3.8) is 0 Å². The Bertz CT molecular complexity index is 1920. The van der Waals surface area contributed by atoms with Gasteiger partial charge in [0.15, 0.2) is 29.1 Å². The van der Waals surface area contributed by atoms with Crippen LogP contribution in [0.4, 0.5) is 10.1 Å². The maximum atomic E-state index is 14.9. The largest absolute Gasteiger partial charge is 0.496 e. The van der Waals surface area contributed by atoms with Crippen molar-refractivity contribution in [3.05, 3.63) is 94.8 Å². The normalized spacial score (nSPS) is 14.8. The van der Waals surface area contributed by atoms with Gasteiger partial charge in [0.1, 0.15) is 29.2 Å². The molecule has 0 saturated carbocycles. The van der Waals surface area contributed by atoms with Gasteiger partial charge in [0.05, 0.1) is 61.0 Å². The number of amides is 1. The Morgan fingerprint density at radius 2 is 1.43 bits per heavy atom. The molecule has 1 aliphatic heterocycles. The van der Waals surface area contributed by atoms with Crippen LogP contribution in [0.5, 0.6) is 46.0 Å². The quantitative estimate of drug-likeness (QED) is 0.122. The molecule has 0 bridgehead atoms. The number of carbonyl (C=O) groups is 2. The van der Waals surface area contributed by atoms with Crippen molar-refractivity contribution in [2.24, 2.45) is 0 Å². The van der Waals surface area contributed by atoms with Crippen LogP contribution in [0.3, 0.4) is 0 Å². The van der Waals surface area contributed by atoms with Crippen LogP contribution in [0, 0.1) is 5.82 Å². The van der Waals surface area contributed by atoms with Gasteiger partial charge >= 0.3 is 5.97 Å². The summed E-state index contributed by atoms with van der Waals surface area (Å²) >= 11 is 0. The first-order valence-electron chi connectivity index (χ1n) is 15.6. The minimum atomic E-state index is -0.866. The first-order chi connectivity index (χ1) is 24.7. The minimum Gasteiger partial charge on any atom is -0.496 e. The fourth-order valence-electron chi connectivity index (χ4n) is 5.64. The first kappa shape index (κ1) is 36.2. The fraction of sp³-hybridized carbons (Fsp3) is 0.263. The van der Waals surface area contributed by atoms with Gasteiger partial charge < -0.3 is 47.9 Å². The van der Waals surface area contributed by atoms with E-state index < -0.39 is 29.9 Å². The van der Waals surface area contributed by atoms with E-state index in [1.54, 1.807) is 42.5 Å². The summed E-state index contributed by atoms with van der Waals surface area (Å²) in [6.07, 6.45) is 1.25. The van der Waals surface area contributed by atoms with E-state index >= 15 is 0 Å². The van der Waals surface area contributed by atoms with Crippen LogP contribution in [0.15, 0.2) is 66.7 Å². The summed E-state index contributed by atoms with van der Waals surface area (Å²) in [5, 5.41) is 2.48. The molecule has 268 valence electrons. The average molecular weight is 704 g/mol. The van der Waals surface area contributed by atoms with Crippen molar-refractivity contribution < 1.29 is 56.6 Å². The number of esters is 1. The highest BCUT2D eigenvalue weighted by atomic mass is 19.1. The molecule has 0 aromatic heterocycles. The number of anilines is 1. The minimum absolute atomic E-state index is 0.00105. The van der Waals surface area contributed by atoms with Crippen molar-refractivity contribution in [1.82, 2.24) is 0 Å². The molecule has 0 aliphatic carbocycles. The number of hydrogen-bond acceptors (Lipinski definition) is 11. The fourth-order valence-corrected chi connectivity index (χ4v) is 5.64. The molecule has 4 aromatic rings. The van der Waals surface area contributed by atoms with Crippen LogP contribution in [0.1, 0.15) is 33.2 Å². The van der Waals surface area contributed by atoms with Crippen LogP contribution in [-0.4, -0.2) is 67.7 Å². The highest BCUT2D eigenvalue weighted by Gasteiger charge is 2.37. The van der Waals surface area contributed by atoms with Gasteiger partial charge in [-0.1, -0.05) is 6.07 Å². The van der Waals surface area contributed by atoms with Crippen molar-refractivity contribution >= 4 is 23.6 Å². The van der Waals surface area contributed by atoms with E-state index in [9.17, 15) is 14.0 Å². The van der Waals surface area contributed by atoms with Gasteiger partial charge in [0, 0.05) is 35.8 Å². The third-order valence-corrected chi connectivity index (χ3v) is 8.16. The third kappa shape index (κ3) is 7.88. The van der Waals surface area contributed by atoms with E-state index in [4.69, 9.17) is 42.6 Å². The third-order valence-electron chi connectivity index (χ3n) is 8.16. The molecule has 0 saturated heterocycles. The Hall–Kier alpha value is -6.11. The molecule has 4 aromatic carbocycles. The lowest BCUT2D eigenvalue weighted by Gasteiger charge is -2.34. The lowest BCUT2D eigenvalue weighted by atomic mass is 9.93. The predicted molar refractivity (Wildman–Crippen MR) is 186 cm³/mol. The second-order valence-corrected chi connectivity index (χ2v) is 11.1. The molecule has 0 fully saturated rings. The smallest absolute Gasteiger partial charge is 0.338 e. The molecule has 1 N–H and O–H groups in total. The zero-order valence-electron chi connectivity index (χ0n) is 29.2. The summed E-state index contributed by atoms with van der Waals surface area (Å²) in [5.74, 6) is 1.47. The van der Waals surface area contributed by atoms with Crippen molar-refractivity contribution in [3.8, 4) is 46.0 Å². The molecule has 51 heavy (non-hydrogen) atoms.